The highest BCUT2D eigenvalue weighted by molar-refractivity contribution is 5.97. The lowest BCUT2D eigenvalue weighted by Gasteiger charge is -2.40. The van der Waals surface area contributed by atoms with E-state index in [1.54, 1.807) is 11.1 Å². The second-order valence-corrected chi connectivity index (χ2v) is 9.48. The van der Waals surface area contributed by atoms with Crippen molar-refractivity contribution in [2.75, 3.05) is 18.0 Å². The molecule has 0 spiro atoms. The zero-order valence-corrected chi connectivity index (χ0v) is 19.7. The molecule has 6 rings (SSSR count). The van der Waals surface area contributed by atoms with Crippen molar-refractivity contribution in [1.82, 2.24) is 9.97 Å². The summed E-state index contributed by atoms with van der Waals surface area (Å²) in [6, 6.07) is 22.6. The zero-order chi connectivity index (χ0) is 25.3. The van der Waals surface area contributed by atoms with Crippen molar-refractivity contribution in [2.45, 2.75) is 30.7 Å². The van der Waals surface area contributed by atoms with Crippen LogP contribution in [0.4, 0.5) is 14.6 Å². The van der Waals surface area contributed by atoms with Gasteiger partial charge in [0.15, 0.2) is 0 Å². The maximum absolute atomic E-state index is 13.6. The Labute approximate surface area is 207 Å². The molecule has 36 heavy (non-hydrogen) atoms. The van der Waals surface area contributed by atoms with E-state index in [0.717, 1.165) is 46.1 Å². The summed E-state index contributed by atoms with van der Waals surface area (Å²) in [5, 5.41) is 7.68. The number of fused-ring (bicyclic) bond motifs is 1. The first-order chi connectivity index (χ1) is 17.3. The smallest absolute Gasteiger partial charge is 0.290 e. The van der Waals surface area contributed by atoms with Crippen LogP contribution in [0, 0.1) is 0 Å². The summed E-state index contributed by atoms with van der Waals surface area (Å²) in [4.78, 5) is 19.4. The van der Waals surface area contributed by atoms with Gasteiger partial charge < -0.3 is 15.7 Å². The van der Waals surface area contributed by atoms with E-state index < -0.39 is 5.92 Å². The average molecular weight is 490 g/mol. The molecule has 0 unspecified atom stereocenters. The van der Waals surface area contributed by atoms with Gasteiger partial charge in [-0.3, -0.25) is 4.79 Å². The highest BCUT2D eigenvalue weighted by Crippen LogP contribution is 2.40. The van der Waals surface area contributed by atoms with Gasteiger partial charge in [0, 0.05) is 41.1 Å². The third kappa shape index (κ3) is 4.40. The number of quaternary nitrogens is 1. The molecular weight excluding hydrogens is 462 g/mol. The van der Waals surface area contributed by atoms with Crippen LogP contribution in [-0.2, 0) is 10.3 Å². The Bertz CT molecular complexity index is 1380. The van der Waals surface area contributed by atoms with Crippen LogP contribution in [0.25, 0.3) is 33.3 Å². The van der Waals surface area contributed by atoms with Gasteiger partial charge in [-0.25, -0.2) is 18.7 Å². The fraction of sp³-hybridized carbons (Fsp3) is 0.250. The molecule has 1 saturated heterocycles. The SMILES string of the molecule is O=CO.[NH3+]C1(c2ccc(-c3nc4ccnc(N5CC(F)(F)C5)c4cc3-c3ccccc3)cc2)CCC1. The lowest BCUT2D eigenvalue weighted by Crippen LogP contribution is -2.73. The zero-order valence-electron chi connectivity index (χ0n) is 19.7. The molecule has 8 heteroatoms. The van der Waals surface area contributed by atoms with E-state index in [4.69, 9.17) is 14.9 Å². The molecule has 0 amide bonds. The first-order valence-electron chi connectivity index (χ1n) is 11.9. The topological polar surface area (TPSA) is 94.0 Å². The largest absolute Gasteiger partial charge is 0.483 e. The van der Waals surface area contributed by atoms with Crippen LogP contribution < -0.4 is 10.6 Å². The lowest BCUT2D eigenvalue weighted by atomic mass is 9.72. The molecule has 0 radical (unpaired) electrons. The molecule has 4 N–H and O–H groups in total. The van der Waals surface area contributed by atoms with Crippen LogP contribution in [0.2, 0.25) is 0 Å². The standard InChI is InChI=1S/C27H24F2N4.CH2O2/c28-27(29)16-33(17-27)25-22-15-21(18-5-2-1-3-6-18)24(32-23(22)11-14-31-25)19-7-9-20(10-8-19)26(30)12-4-13-26;2-1-3/h1-3,5-11,14-15H,4,12-13,16-17,30H2;1H,(H,2,3)/p+1. The lowest BCUT2D eigenvalue weighted by molar-refractivity contribution is -0.509. The van der Waals surface area contributed by atoms with Gasteiger partial charge in [0.1, 0.15) is 11.4 Å². The molecule has 1 aliphatic heterocycles. The van der Waals surface area contributed by atoms with E-state index in [2.05, 4.69) is 41.0 Å². The van der Waals surface area contributed by atoms with Crippen LogP contribution >= 0.6 is 0 Å². The molecule has 2 aromatic carbocycles. The maximum Gasteiger partial charge on any atom is 0.290 e. The fourth-order valence-electron chi connectivity index (χ4n) is 4.93. The van der Waals surface area contributed by atoms with Crippen LogP contribution in [0.1, 0.15) is 24.8 Å². The van der Waals surface area contributed by atoms with Gasteiger partial charge in [0.05, 0.1) is 24.3 Å². The van der Waals surface area contributed by atoms with Crippen molar-refractivity contribution in [3.05, 3.63) is 78.5 Å². The Morgan fingerprint density at radius 2 is 1.64 bits per heavy atom. The summed E-state index contributed by atoms with van der Waals surface area (Å²) in [6.07, 6.45) is 5.14. The molecule has 2 aliphatic rings. The number of rotatable bonds is 4. The van der Waals surface area contributed by atoms with E-state index in [-0.39, 0.29) is 25.1 Å². The summed E-state index contributed by atoms with van der Waals surface area (Å²) < 4.78 is 27.1. The Morgan fingerprint density at radius 1 is 0.972 bits per heavy atom. The van der Waals surface area contributed by atoms with E-state index in [1.807, 2.05) is 36.4 Å². The van der Waals surface area contributed by atoms with E-state index >= 15 is 0 Å². The number of pyridine rings is 2. The highest BCUT2D eigenvalue weighted by atomic mass is 19.3. The van der Waals surface area contributed by atoms with Gasteiger partial charge in [-0.1, -0.05) is 54.6 Å². The minimum atomic E-state index is -2.66. The van der Waals surface area contributed by atoms with Gasteiger partial charge in [0.2, 0.25) is 0 Å². The summed E-state index contributed by atoms with van der Waals surface area (Å²) >= 11 is 0. The molecule has 3 heterocycles. The molecule has 1 saturated carbocycles. The molecular formula is C28H27F2N4O2+. The van der Waals surface area contributed by atoms with Gasteiger partial charge in [-0.2, -0.15) is 0 Å². The predicted octanol–water partition coefficient (Wildman–Crippen LogP) is 4.74. The first-order valence-corrected chi connectivity index (χ1v) is 11.9. The van der Waals surface area contributed by atoms with Crippen molar-refractivity contribution in [2.24, 2.45) is 0 Å². The average Bonchev–Trinajstić information content (AvgIpc) is 2.86. The monoisotopic (exact) mass is 489 g/mol. The highest BCUT2D eigenvalue weighted by Gasteiger charge is 2.45. The second-order valence-electron chi connectivity index (χ2n) is 9.48. The normalized spacial score (nSPS) is 17.4. The number of carboxylic acid groups (broad SMARTS) is 1. The van der Waals surface area contributed by atoms with E-state index in [9.17, 15) is 8.78 Å². The van der Waals surface area contributed by atoms with E-state index in [0.29, 0.717) is 5.82 Å². The number of aromatic nitrogens is 2. The fourth-order valence-corrected chi connectivity index (χ4v) is 4.93. The Balaban J connectivity index is 0.000000848. The predicted molar refractivity (Wildman–Crippen MR) is 135 cm³/mol. The Morgan fingerprint density at radius 3 is 2.22 bits per heavy atom. The molecule has 2 aromatic heterocycles. The summed E-state index contributed by atoms with van der Waals surface area (Å²) in [5.74, 6) is -2.10. The summed E-state index contributed by atoms with van der Waals surface area (Å²) in [7, 11) is 0. The van der Waals surface area contributed by atoms with Crippen molar-refractivity contribution in [3.63, 3.8) is 0 Å². The number of alkyl halides is 2. The summed E-state index contributed by atoms with van der Waals surface area (Å²) in [5.41, 5.74) is 10.4. The van der Waals surface area contributed by atoms with Crippen molar-refractivity contribution >= 4 is 23.2 Å². The molecule has 0 bridgehead atoms. The van der Waals surface area contributed by atoms with E-state index in [1.165, 1.54) is 12.0 Å². The molecule has 1 aliphatic carbocycles. The van der Waals surface area contributed by atoms with Crippen LogP contribution in [0.5, 0.6) is 0 Å². The Kier molecular flexibility index (Phi) is 6.14. The number of halogens is 2. The van der Waals surface area contributed by atoms with Crippen LogP contribution in [0.15, 0.2) is 72.9 Å². The van der Waals surface area contributed by atoms with Gasteiger partial charge in [-0.05, 0) is 24.1 Å². The van der Waals surface area contributed by atoms with Gasteiger partial charge in [0.25, 0.3) is 12.4 Å². The quantitative estimate of drug-likeness (QED) is 0.404. The minimum Gasteiger partial charge on any atom is -0.483 e. The number of benzene rings is 2. The number of hydrogen-bond donors (Lipinski definition) is 2. The van der Waals surface area contributed by atoms with Crippen molar-refractivity contribution in [1.29, 1.82) is 0 Å². The maximum atomic E-state index is 13.6. The molecule has 0 atom stereocenters. The molecule has 2 fully saturated rings. The van der Waals surface area contributed by atoms with Crippen molar-refractivity contribution in [3.8, 4) is 22.4 Å². The Hall–Kier alpha value is -3.91. The third-order valence-electron chi connectivity index (χ3n) is 7.03. The summed E-state index contributed by atoms with van der Waals surface area (Å²) in [6.45, 7) is -0.869. The molecule has 184 valence electrons. The van der Waals surface area contributed by atoms with Gasteiger partial charge >= 0.3 is 0 Å². The number of hydrogen-bond acceptors (Lipinski definition) is 4. The number of anilines is 1. The van der Waals surface area contributed by atoms with Gasteiger partial charge in [-0.15, -0.1) is 0 Å². The minimum absolute atomic E-state index is 0.0391. The van der Waals surface area contributed by atoms with Crippen LogP contribution in [-0.4, -0.2) is 40.6 Å². The molecule has 6 nitrogen and oxygen atoms in total. The van der Waals surface area contributed by atoms with Crippen molar-refractivity contribution < 1.29 is 24.4 Å². The number of nitrogens with zero attached hydrogens (tertiary/aromatic N) is 3. The number of carbonyl (C=O) groups is 1. The first kappa shape index (κ1) is 23.8. The van der Waals surface area contributed by atoms with Crippen LogP contribution in [0.3, 0.4) is 0 Å². The third-order valence-corrected chi connectivity index (χ3v) is 7.03. The second kappa shape index (κ2) is 9.28. The molecule has 4 aromatic rings.